The van der Waals surface area contributed by atoms with E-state index in [0.29, 0.717) is 11.8 Å². The molecule has 2 N–H and O–H groups in total. The summed E-state index contributed by atoms with van der Waals surface area (Å²) in [4.78, 5) is 22.1. The molecular formula is C25H40O8. The molecule has 8 nitrogen and oxygen atoms in total. The first-order chi connectivity index (χ1) is 15.9. The maximum absolute atomic E-state index is 11.0. The summed E-state index contributed by atoms with van der Waals surface area (Å²) in [6.07, 6.45) is 10.6. The second kappa shape index (κ2) is 15.2. The Balaban J connectivity index is 1.52. The van der Waals surface area contributed by atoms with Crippen molar-refractivity contribution >= 4 is 11.9 Å². The average Bonchev–Trinajstić information content (AvgIpc) is 2.84. The molecule has 0 aromatic heterocycles. The van der Waals surface area contributed by atoms with Crippen LogP contribution in [-0.4, -0.2) is 73.0 Å². The quantitative estimate of drug-likeness (QED) is 0.296. The summed E-state index contributed by atoms with van der Waals surface area (Å²) in [5.41, 5.74) is 0. The third kappa shape index (κ3) is 11.3. The normalized spacial score (nSPS) is 27.2. The molecule has 2 aliphatic carbocycles. The van der Waals surface area contributed by atoms with Crippen LogP contribution in [0.15, 0.2) is 25.3 Å². The number of rotatable bonds is 14. The first-order valence-corrected chi connectivity index (χ1v) is 12.1. The van der Waals surface area contributed by atoms with Crippen molar-refractivity contribution < 1.29 is 38.7 Å². The van der Waals surface area contributed by atoms with Gasteiger partial charge in [-0.05, 0) is 69.6 Å². The lowest BCUT2D eigenvalue weighted by atomic mass is 9.76. The lowest BCUT2D eigenvalue weighted by molar-refractivity contribution is -0.143. The molecule has 188 valence electrons. The van der Waals surface area contributed by atoms with Gasteiger partial charge in [0.15, 0.2) is 0 Å². The zero-order chi connectivity index (χ0) is 24.1. The molecule has 0 saturated heterocycles. The van der Waals surface area contributed by atoms with Gasteiger partial charge in [-0.3, -0.25) is 0 Å². The molecule has 0 aromatic carbocycles. The molecule has 33 heavy (non-hydrogen) atoms. The summed E-state index contributed by atoms with van der Waals surface area (Å²) in [5, 5.41) is 19.7. The zero-order valence-corrected chi connectivity index (χ0v) is 19.6. The SMILES string of the molecule is C=CC(=O)OCC(O)COC1CCC(CC2CCC(OCC(O)COC(=O)C=C)CC2)CC1. The van der Waals surface area contributed by atoms with Crippen molar-refractivity contribution in [2.24, 2.45) is 11.8 Å². The van der Waals surface area contributed by atoms with Crippen LogP contribution >= 0.6 is 0 Å². The lowest BCUT2D eigenvalue weighted by Gasteiger charge is -2.34. The fraction of sp³-hybridized carbons (Fsp3) is 0.760. The Morgan fingerprint density at radius 1 is 0.697 bits per heavy atom. The molecule has 0 amide bonds. The van der Waals surface area contributed by atoms with Crippen molar-refractivity contribution in [3.05, 3.63) is 25.3 Å². The molecule has 2 unspecified atom stereocenters. The Kier molecular flexibility index (Phi) is 12.7. The molecule has 2 rings (SSSR count). The second-order valence-corrected chi connectivity index (χ2v) is 9.16. The number of ether oxygens (including phenoxy) is 4. The van der Waals surface area contributed by atoms with Gasteiger partial charge in [0.25, 0.3) is 0 Å². The van der Waals surface area contributed by atoms with E-state index in [1.165, 1.54) is 6.42 Å². The van der Waals surface area contributed by atoms with Gasteiger partial charge >= 0.3 is 11.9 Å². The van der Waals surface area contributed by atoms with Gasteiger partial charge in [0.05, 0.1) is 25.4 Å². The highest BCUT2D eigenvalue weighted by Crippen LogP contribution is 2.36. The molecule has 0 aromatic rings. The lowest BCUT2D eigenvalue weighted by Crippen LogP contribution is -2.30. The summed E-state index contributed by atoms with van der Waals surface area (Å²) >= 11 is 0. The summed E-state index contributed by atoms with van der Waals surface area (Å²) in [6, 6.07) is 0. The second-order valence-electron chi connectivity index (χ2n) is 9.16. The molecule has 2 saturated carbocycles. The molecule has 0 heterocycles. The summed E-state index contributed by atoms with van der Waals surface area (Å²) in [6.45, 7) is 6.84. The number of hydrogen-bond donors (Lipinski definition) is 2. The van der Waals surface area contributed by atoms with Gasteiger partial charge in [0, 0.05) is 12.2 Å². The van der Waals surface area contributed by atoms with E-state index in [1.54, 1.807) is 0 Å². The highest BCUT2D eigenvalue weighted by Gasteiger charge is 2.28. The predicted octanol–water partition coefficient (Wildman–Crippen LogP) is 2.71. The van der Waals surface area contributed by atoms with Crippen LogP contribution in [0.3, 0.4) is 0 Å². The number of carbonyl (C=O) groups is 2. The van der Waals surface area contributed by atoms with Crippen molar-refractivity contribution in [2.75, 3.05) is 26.4 Å². The molecule has 0 bridgehead atoms. The highest BCUT2D eigenvalue weighted by atomic mass is 16.6. The van der Waals surface area contributed by atoms with E-state index in [1.807, 2.05) is 0 Å². The number of hydrogen-bond acceptors (Lipinski definition) is 8. The van der Waals surface area contributed by atoms with Crippen LogP contribution in [0.2, 0.25) is 0 Å². The van der Waals surface area contributed by atoms with Crippen molar-refractivity contribution in [1.82, 2.24) is 0 Å². The first-order valence-electron chi connectivity index (χ1n) is 12.1. The minimum atomic E-state index is -0.813. The fourth-order valence-corrected chi connectivity index (χ4v) is 4.60. The monoisotopic (exact) mass is 468 g/mol. The minimum absolute atomic E-state index is 0.0751. The van der Waals surface area contributed by atoms with Crippen LogP contribution in [-0.2, 0) is 28.5 Å². The van der Waals surface area contributed by atoms with Gasteiger partial charge in [-0.15, -0.1) is 0 Å². The molecule has 0 aliphatic heterocycles. The molecule has 8 heteroatoms. The van der Waals surface area contributed by atoms with Gasteiger partial charge < -0.3 is 29.2 Å². The van der Waals surface area contributed by atoms with Crippen LogP contribution < -0.4 is 0 Å². The van der Waals surface area contributed by atoms with E-state index in [-0.39, 0.29) is 38.6 Å². The van der Waals surface area contributed by atoms with Gasteiger partial charge in [0.2, 0.25) is 0 Å². The summed E-state index contributed by atoms with van der Waals surface area (Å²) < 4.78 is 21.3. The topological polar surface area (TPSA) is 112 Å². The molecule has 0 radical (unpaired) electrons. The van der Waals surface area contributed by atoms with E-state index in [2.05, 4.69) is 13.2 Å². The average molecular weight is 469 g/mol. The van der Waals surface area contributed by atoms with Crippen LogP contribution in [0.4, 0.5) is 0 Å². The predicted molar refractivity (Wildman–Crippen MR) is 122 cm³/mol. The summed E-state index contributed by atoms with van der Waals surface area (Å²) in [5.74, 6) is 0.345. The summed E-state index contributed by atoms with van der Waals surface area (Å²) in [7, 11) is 0. The maximum Gasteiger partial charge on any atom is 0.330 e. The van der Waals surface area contributed by atoms with Gasteiger partial charge in [-0.1, -0.05) is 13.2 Å². The number of esters is 2. The van der Waals surface area contributed by atoms with Crippen molar-refractivity contribution in [2.45, 2.75) is 82.2 Å². The van der Waals surface area contributed by atoms with Crippen LogP contribution in [0.25, 0.3) is 0 Å². The number of aliphatic hydroxyl groups excluding tert-OH is 2. The fourth-order valence-electron chi connectivity index (χ4n) is 4.60. The Hall–Kier alpha value is -1.74. The van der Waals surface area contributed by atoms with Crippen LogP contribution in [0.1, 0.15) is 57.8 Å². The van der Waals surface area contributed by atoms with Gasteiger partial charge in [0.1, 0.15) is 25.4 Å². The standard InChI is InChI=1S/C25H40O8/c1-3-24(28)32-16-20(26)14-30-22-9-5-18(6-10-22)13-19-7-11-23(12-8-19)31-15-21(27)17-33-25(29)4-2/h3-4,18-23,26-27H,1-2,5-17H2. The third-order valence-corrected chi connectivity index (χ3v) is 6.47. The van der Waals surface area contributed by atoms with Gasteiger partial charge in [-0.2, -0.15) is 0 Å². The van der Waals surface area contributed by atoms with Crippen molar-refractivity contribution in [3.8, 4) is 0 Å². The molecule has 2 atom stereocenters. The van der Waals surface area contributed by atoms with E-state index >= 15 is 0 Å². The van der Waals surface area contributed by atoms with E-state index in [9.17, 15) is 19.8 Å². The Bertz CT molecular complexity index is 554. The Morgan fingerprint density at radius 2 is 1.06 bits per heavy atom. The van der Waals surface area contributed by atoms with E-state index < -0.39 is 24.1 Å². The van der Waals surface area contributed by atoms with Gasteiger partial charge in [-0.25, -0.2) is 9.59 Å². The molecule has 2 fully saturated rings. The van der Waals surface area contributed by atoms with Crippen LogP contribution in [0, 0.1) is 11.8 Å². The zero-order valence-electron chi connectivity index (χ0n) is 19.6. The first kappa shape index (κ1) is 27.5. The van der Waals surface area contributed by atoms with Crippen LogP contribution in [0.5, 0.6) is 0 Å². The maximum atomic E-state index is 11.0. The Morgan fingerprint density at radius 3 is 1.39 bits per heavy atom. The van der Waals surface area contributed by atoms with Crippen molar-refractivity contribution in [3.63, 3.8) is 0 Å². The smallest absolute Gasteiger partial charge is 0.330 e. The largest absolute Gasteiger partial charge is 0.460 e. The third-order valence-electron chi connectivity index (χ3n) is 6.47. The number of carbonyl (C=O) groups excluding carboxylic acids is 2. The highest BCUT2D eigenvalue weighted by molar-refractivity contribution is 5.81. The molecule has 2 aliphatic rings. The molecular weight excluding hydrogens is 428 g/mol. The molecule has 0 spiro atoms. The Labute approximate surface area is 196 Å². The minimum Gasteiger partial charge on any atom is -0.460 e. The van der Waals surface area contributed by atoms with E-state index in [4.69, 9.17) is 18.9 Å². The van der Waals surface area contributed by atoms with E-state index in [0.717, 1.165) is 63.5 Å². The van der Waals surface area contributed by atoms with Crippen molar-refractivity contribution in [1.29, 1.82) is 0 Å². The number of aliphatic hydroxyl groups is 2.